The molecule has 4 heteroatoms. The number of rotatable bonds is 6. The van der Waals surface area contributed by atoms with Crippen molar-refractivity contribution < 1.29 is 4.52 Å². The van der Waals surface area contributed by atoms with Gasteiger partial charge in [0.2, 0.25) is 11.7 Å². The summed E-state index contributed by atoms with van der Waals surface area (Å²) in [6.07, 6.45) is 5.82. The first-order valence-corrected chi connectivity index (χ1v) is 9.54. The number of nitrogens with zero attached hydrogens (tertiary/aromatic N) is 3. The van der Waals surface area contributed by atoms with Crippen LogP contribution in [0.5, 0.6) is 0 Å². The fourth-order valence-electron chi connectivity index (χ4n) is 3.77. The Hall–Kier alpha value is -2.46. The number of benzene rings is 2. The number of likely N-dealkylation sites (tertiary alicyclic amines) is 1. The second-order valence-electron chi connectivity index (χ2n) is 7.00. The standard InChI is InChI=1S/C22H25N3O/c1-3-9-18(10-4-1)17-20-13-7-8-15-25(20)16-14-21-23-22(24-26-21)19-11-5-2-6-12-19/h1-6,9-12,20H,7-8,13-17H2. The Morgan fingerprint density at radius 1 is 0.962 bits per heavy atom. The number of hydrogen-bond donors (Lipinski definition) is 0. The third kappa shape index (κ3) is 4.20. The Kier molecular flexibility index (Phi) is 5.41. The molecule has 1 aliphatic rings. The van der Waals surface area contributed by atoms with Crippen LogP contribution in [0.1, 0.15) is 30.7 Å². The zero-order valence-corrected chi connectivity index (χ0v) is 15.1. The number of aromatic nitrogens is 2. The van der Waals surface area contributed by atoms with Crippen molar-refractivity contribution in [2.75, 3.05) is 13.1 Å². The van der Waals surface area contributed by atoms with Gasteiger partial charge in [0.05, 0.1) is 0 Å². The molecule has 1 unspecified atom stereocenters. The fraction of sp³-hybridized carbons (Fsp3) is 0.364. The number of hydrogen-bond acceptors (Lipinski definition) is 4. The highest BCUT2D eigenvalue weighted by molar-refractivity contribution is 5.53. The molecule has 0 radical (unpaired) electrons. The molecule has 0 aliphatic carbocycles. The summed E-state index contributed by atoms with van der Waals surface area (Å²) >= 11 is 0. The van der Waals surface area contributed by atoms with Gasteiger partial charge < -0.3 is 4.52 Å². The van der Waals surface area contributed by atoms with Gasteiger partial charge in [-0.1, -0.05) is 72.2 Å². The Morgan fingerprint density at radius 2 is 1.73 bits per heavy atom. The molecule has 4 rings (SSSR count). The summed E-state index contributed by atoms with van der Waals surface area (Å²) in [6, 6.07) is 21.4. The van der Waals surface area contributed by atoms with Crippen molar-refractivity contribution in [1.82, 2.24) is 15.0 Å². The maximum absolute atomic E-state index is 5.48. The van der Waals surface area contributed by atoms with Crippen LogP contribution in [0.25, 0.3) is 11.4 Å². The van der Waals surface area contributed by atoms with Gasteiger partial charge in [-0.15, -0.1) is 0 Å². The summed E-state index contributed by atoms with van der Waals surface area (Å²) in [5.74, 6) is 1.41. The van der Waals surface area contributed by atoms with E-state index in [1.807, 2.05) is 30.3 Å². The SMILES string of the molecule is c1ccc(CC2CCCCN2CCc2nc(-c3ccccc3)no2)cc1. The van der Waals surface area contributed by atoms with E-state index in [1.54, 1.807) is 0 Å². The van der Waals surface area contributed by atoms with Crippen LogP contribution in [-0.2, 0) is 12.8 Å². The van der Waals surface area contributed by atoms with Crippen LogP contribution >= 0.6 is 0 Å². The maximum Gasteiger partial charge on any atom is 0.228 e. The fourth-order valence-corrected chi connectivity index (χ4v) is 3.77. The monoisotopic (exact) mass is 347 g/mol. The second kappa shape index (κ2) is 8.28. The van der Waals surface area contributed by atoms with E-state index in [2.05, 4.69) is 45.4 Å². The zero-order valence-electron chi connectivity index (χ0n) is 15.1. The first-order valence-electron chi connectivity index (χ1n) is 9.54. The average Bonchev–Trinajstić information content (AvgIpc) is 3.18. The van der Waals surface area contributed by atoms with Crippen molar-refractivity contribution in [3.63, 3.8) is 0 Å². The predicted octanol–water partition coefficient (Wildman–Crippen LogP) is 4.38. The molecule has 0 bridgehead atoms. The minimum absolute atomic E-state index is 0.614. The molecule has 0 amide bonds. The van der Waals surface area contributed by atoms with Crippen LogP contribution in [-0.4, -0.2) is 34.2 Å². The maximum atomic E-state index is 5.48. The van der Waals surface area contributed by atoms with E-state index >= 15 is 0 Å². The van der Waals surface area contributed by atoms with Crippen LogP contribution in [0, 0.1) is 0 Å². The molecule has 0 N–H and O–H groups in total. The van der Waals surface area contributed by atoms with Gasteiger partial charge in [0, 0.05) is 24.6 Å². The minimum atomic E-state index is 0.614. The lowest BCUT2D eigenvalue weighted by Crippen LogP contribution is -2.42. The van der Waals surface area contributed by atoms with Gasteiger partial charge in [-0.2, -0.15) is 4.98 Å². The molecule has 0 spiro atoms. The molecule has 3 aromatic rings. The first kappa shape index (κ1) is 17.0. The predicted molar refractivity (Wildman–Crippen MR) is 103 cm³/mol. The largest absolute Gasteiger partial charge is 0.339 e. The molecule has 0 saturated carbocycles. The lowest BCUT2D eigenvalue weighted by Gasteiger charge is -2.35. The van der Waals surface area contributed by atoms with Gasteiger partial charge in [0.1, 0.15) is 0 Å². The summed E-state index contributed by atoms with van der Waals surface area (Å²) in [5, 5.41) is 4.13. The van der Waals surface area contributed by atoms with E-state index in [9.17, 15) is 0 Å². The van der Waals surface area contributed by atoms with Crippen molar-refractivity contribution >= 4 is 0 Å². The highest BCUT2D eigenvalue weighted by Crippen LogP contribution is 2.21. The Bertz CT molecular complexity index is 801. The van der Waals surface area contributed by atoms with Crippen LogP contribution < -0.4 is 0 Å². The first-order chi connectivity index (χ1) is 12.9. The topological polar surface area (TPSA) is 42.2 Å². The highest BCUT2D eigenvalue weighted by atomic mass is 16.5. The molecule has 1 aromatic heterocycles. The highest BCUT2D eigenvalue weighted by Gasteiger charge is 2.23. The van der Waals surface area contributed by atoms with Crippen LogP contribution in [0.2, 0.25) is 0 Å². The molecule has 2 heterocycles. The summed E-state index contributed by atoms with van der Waals surface area (Å²) in [6.45, 7) is 2.14. The Morgan fingerprint density at radius 3 is 2.54 bits per heavy atom. The molecule has 1 fully saturated rings. The third-order valence-electron chi connectivity index (χ3n) is 5.18. The van der Waals surface area contributed by atoms with E-state index in [1.165, 1.54) is 24.8 Å². The molecule has 4 nitrogen and oxygen atoms in total. The van der Waals surface area contributed by atoms with E-state index in [0.29, 0.717) is 11.9 Å². The van der Waals surface area contributed by atoms with Crippen LogP contribution in [0.15, 0.2) is 65.2 Å². The number of piperidine rings is 1. The molecular formula is C22H25N3O. The van der Waals surface area contributed by atoms with Crippen molar-refractivity contribution in [3.05, 3.63) is 72.1 Å². The van der Waals surface area contributed by atoms with Gasteiger partial charge >= 0.3 is 0 Å². The van der Waals surface area contributed by atoms with Gasteiger partial charge in [0.25, 0.3) is 0 Å². The Balaban J connectivity index is 1.37. The van der Waals surface area contributed by atoms with E-state index in [-0.39, 0.29) is 0 Å². The lowest BCUT2D eigenvalue weighted by atomic mass is 9.95. The average molecular weight is 347 g/mol. The van der Waals surface area contributed by atoms with Crippen LogP contribution in [0.4, 0.5) is 0 Å². The molecule has 134 valence electrons. The van der Waals surface area contributed by atoms with E-state index in [0.717, 1.165) is 37.4 Å². The van der Waals surface area contributed by atoms with E-state index < -0.39 is 0 Å². The quantitative estimate of drug-likeness (QED) is 0.664. The molecular weight excluding hydrogens is 322 g/mol. The summed E-state index contributed by atoms with van der Waals surface area (Å²) in [4.78, 5) is 7.17. The third-order valence-corrected chi connectivity index (χ3v) is 5.18. The van der Waals surface area contributed by atoms with Gasteiger partial charge in [-0.05, 0) is 31.4 Å². The van der Waals surface area contributed by atoms with Gasteiger partial charge in [0.15, 0.2) is 0 Å². The Labute approximate surface area is 154 Å². The van der Waals surface area contributed by atoms with Gasteiger partial charge in [-0.3, -0.25) is 4.90 Å². The molecule has 26 heavy (non-hydrogen) atoms. The van der Waals surface area contributed by atoms with E-state index in [4.69, 9.17) is 4.52 Å². The zero-order chi connectivity index (χ0) is 17.6. The van der Waals surface area contributed by atoms with Crippen molar-refractivity contribution in [2.45, 2.75) is 38.1 Å². The summed E-state index contributed by atoms with van der Waals surface area (Å²) in [5.41, 5.74) is 2.43. The summed E-state index contributed by atoms with van der Waals surface area (Å²) < 4.78 is 5.48. The minimum Gasteiger partial charge on any atom is -0.339 e. The molecule has 1 atom stereocenters. The smallest absolute Gasteiger partial charge is 0.228 e. The van der Waals surface area contributed by atoms with Crippen molar-refractivity contribution in [3.8, 4) is 11.4 Å². The summed E-state index contributed by atoms with van der Waals surface area (Å²) in [7, 11) is 0. The van der Waals surface area contributed by atoms with Crippen molar-refractivity contribution in [2.24, 2.45) is 0 Å². The molecule has 2 aromatic carbocycles. The van der Waals surface area contributed by atoms with Crippen LogP contribution in [0.3, 0.4) is 0 Å². The van der Waals surface area contributed by atoms with Crippen molar-refractivity contribution in [1.29, 1.82) is 0 Å². The lowest BCUT2D eigenvalue weighted by molar-refractivity contribution is 0.145. The second-order valence-corrected chi connectivity index (χ2v) is 7.00. The van der Waals surface area contributed by atoms with Gasteiger partial charge in [-0.25, -0.2) is 0 Å². The molecule has 1 aliphatic heterocycles. The molecule has 1 saturated heterocycles. The normalized spacial score (nSPS) is 18.1.